The number of rotatable bonds is 6. The average Bonchev–Trinajstić information content (AvgIpc) is 2.97. The fourth-order valence-electron chi connectivity index (χ4n) is 2.42. The lowest BCUT2D eigenvalue weighted by atomic mass is 10.1. The third-order valence-corrected chi connectivity index (χ3v) is 4.51. The Hall–Kier alpha value is -2.03. The van der Waals surface area contributed by atoms with Crippen LogP contribution in [0.1, 0.15) is 51.0 Å². The number of anilines is 1. The Labute approximate surface area is 154 Å². The Bertz CT molecular complexity index is 772. The molecular weight excluding hydrogens is 365 g/mol. The van der Waals surface area contributed by atoms with E-state index in [1.165, 1.54) is 18.2 Å². The smallest absolute Gasteiger partial charge is 0.325 e. The zero-order valence-electron chi connectivity index (χ0n) is 15.0. The number of nitrogens with zero attached hydrogens (tertiary/aromatic N) is 3. The van der Waals surface area contributed by atoms with E-state index in [-0.39, 0.29) is 23.4 Å². The van der Waals surface area contributed by atoms with Crippen LogP contribution >= 0.6 is 11.8 Å². The van der Waals surface area contributed by atoms with Crippen molar-refractivity contribution >= 4 is 23.4 Å². The molecule has 0 saturated carbocycles. The van der Waals surface area contributed by atoms with E-state index in [9.17, 15) is 18.0 Å². The maximum absolute atomic E-state index is 13.0. The molecule has 142 valence electrons. The number of hydrogen-bond donors (Lipinski definition) is 1. The molecule has 2 aromatic rings. The number of halogens is 3. The molecule has 1 aromatic carbocycles. The second-order valence-corrected chi connectivity index (χ2v) is 7.28. The van der Waals surface area contributed by atoms with Crippen molar-refractivity contribution < 1.29 is 18.0 Å². The number of carbonyl (C=O) groups is 1. The van der Waals surface area contributed by atoms with Crippen molar-refractivity contribution in [3.8, 4) is 0 Å². The van der Waals surface area contributed by atoms with Crippen molar-refractivity contribution in [3.05, 3.63) is 35.7 Å². The number of benzene rings is 1. The van der Waals surface area contributed by atoms with Gasteiger partial charge in [-0.3, -0.25) is 4.79 Å². The van der Waals surface area contributed by atoms with Gasteiger partial charge in [0.25, 0.3) is 0 Å². The highest BCUT2D eigenvalue weighted by molar-refractivity contribution is 7.99. The van der Waals surface area contributed by atoms with Crippen LogP contribution in [-0.2, 0) is 11.0 Å². The molecule has 0 spiro atoms. The van der Waals surface area contributed by atoms with Gasteiger partial charge in [0, 0.05) is 12.0 Å². The van der Waals surface area contributed by atoms with Crippen LogP contribution in [0.3, 0.4) is 0 Å². The van der Waals surface area contributed by atoms with Crippen molar-refractivity contribution in [1.82, 2.24) is 14.8 Å². The molecule has 1 aromatic heterocycles. The van der Waals surface area contributed by atoms with Crippen LogP contribution in [0.25, 0.3) is 0 Å². The lowest BCUT2D eigenvalue weighted by Crippen LogP contribution is -2.18. The molecule has 9 heteroatoms. The van der Waals surface area contributed by atoms with Gasteiger partial charge in [0.2, 0.25) is 5.91 Å². The summed E-state index contributed by atoms with van der Waals surface area (Å²) in [5.74, 6) is 0.392. The second-order valence-electron chi connectivity index (χ2n) is 6.34. The summed E-state index contributed by atoms with van der Waals surface area (Å²) < 4.78 is 40.9. The van der Waals surface area contributed by atoms with Crippen molar-refractivity contribution in [3.63, 3.8) is 0 Å². The molecular formula is C17H21F3N4OS. The summed E-state index contributed by atoms with van der Waals surface area (Å²) in [6.45, 7) is 7.97. The van der Waals surface area contributed by atoms with Crippen LogP contribution in [0, 0.1) is 0 Å². The lowest BCUT2D eigenvalue weighted by Gasteiger charge is -2.16. The summed E-state index contributed by atoms with van der Waals surface area (Å²) in [7, 11) is 0. The highest BCUT2D eigenvalue weighted by Crippen LogP contribution is 2.34. The van der Waals surface area contributed by atoms with Gasteiger partial charge < -0.3 is 9.88 Å². The van der Waals surface area contributed by atoms with Gasteiger partial charge in [0.1, 0.15) is 5.82 Å². The third kappa shape index (κ3) is 4.78. The van der Waals surface area contributed by atoms with Crippen molar-refractivity contribution in [2.24, 2.45) is 0 Å². The first kappa shape index (κ1) is 20.3. The Kier molecular flexibility index (Phi) is 6.33. The molecule has 0 atom stereocenters. The number of para-hydroxylation sites is 1. The monoisotopic (exact) mass is 386 g/mol. The summed E-state index contributed by atoms with van der Waals surface area (Å²) in [5.41, 5.74) is -1.12. The first-order valence-corrected chi connectivity index (χ1v) is 9.13. The molecule has 0 aliphatic rings. The highest BCUT2D eigenvalue weighted by Gasteiger charge is 2.33. The van der Waals surface area contributed by atoms with Crippen LogP contribution < -0.4 is 5.32 Å². The first-order valence-electron chi connectivity index (χ1n) is 8.15. The Morgan fingerprint density at radius 3 is 2.42 bits per heavy atom. The zero-order chi connectivity index (χ0) is 19.5. The van der Waals surface area contributed by atoms with E-state index in [0.29, 0.717) is 5.16 Å². The normalized spacial score (nSPS) is 12.0. The third-order valence-electron chi connectivity index (χ3n) is 3.56. The van der Waals surface area contributed by atoms with Crippen LogP contribution in [0.15, 0.2) is 29.4 Å². The predicted octanol–water partition coefficient (Wildman–Crippen LogP) is 4.73. The van der Waals surface area contributed by atoms with Crippen molar-refractivity contribution in [2.45, 2.75) is 51.0 Å². The quantitative estimate of drug-likeness (QED) is 0.729. The summed E-state index contributed by atoms with van der Waals surface area (Å²) in [4.78, 5) is 12.1. The summed E-state index contributed by atoms with van der Waals surface area (Å²) >= 11 is 1.15. The molecule has 0 unspecified atom stereocenters. The maximum Gasteiger partial charge on any atom is 0.418 e. The standard InChI is InChI=1S/C17H21F3N4OS/c1-10(2)15-22-23-16(24(15)11(3)4)26-9-14(25)21-13-8-6-5-7-12(13)17(18,19)20/h5-8,10-11H,9H2,1-4H3,(H,21,25). The molecule has 1 amide bonds. The number of amides is 1. The highest BCUT2D eigenvalue weighted by atomic mass is 32.2. The van der Waals surface area contributed by atoms with Gasteiger partial charge >= 0.3 is 6.18 Å². The molecule has 0 aliphatic carbocycles. The van der Waals surface area contributed by atoms with E-state index in [2.05, 4.69) is 15.5 Å². The van der Waals surface area contributed by atoms with Crippen molar-refractivity contribution in [1.29, 1.82) is 0 Å². The van der Waals surface area contributed by atoms with Crippen LogP contribution in [-0.4, -0.2) is 26.4 Å². The number of nitrogens with one attached hydrogen (secondary N) is 1. The minimum Gasteiger partial charge on any atom is -0.325 e. The van der Waals surface area contributed by atoms with E-state index in [4.69, 9.17) is 0 Å². The molecule has 1 N–H and O–H groups in total. The van der Waals surface area contributed by atoms with Crippen LogP contribution in [0.2, 0.25) is 0 Å². The SMILES string of the molecule is CC(C)c1nnc(SCC(=O)Nc2ccccc2C(F)(F)F)n1C(C)C. The predicted molar refractivity (Wildman–Crippen MR) is 95.3 cm³/mol. The molecule has 0 radical (unpaired) electrons. The maximum atomic E-state index is 13.0. The molecule has 0 aliphatic heterocycles. The van der Waals surface area contributed by atoms with Crippen molar-refractivity contribution in [2.75, 3.05) is 11.1 Å². The average molecular weight is 386 g/mol. The Balaban J connectivity index is 2.09. The molecule has 2 rings (SSSR count). The molecule has 0 fully saturated rings. The van der Waals surface area contributed by atoms with Gasteiger partial charge in [-0.05, 0) is 26.0 Å². The van der Waals surface area contributed by atoms with E-state index in [1.54, 1.807) is 0 Å². The van der Waals surface area contributed by atoms with Gasteiger partial charge in [-0.1, -0.05) is 37.7 Å². The molecule has 5 nitrogen and oxygen atoms in total. The largest absolute Gasteiger partial charge is 0.418 e. The molecule has 26 heavy (non-hydrogen) atoms. The van der Waals surface area contributed by atoms with Gasteiger partial charge in [0.05, 0.1) is 17.0 Å². The van der Waals surface area contributed by atoms with E-state index in [0.717, 1.165) is 23.7 Å². The minimum absolute atomic E-state index is 0.0604. The van der Waals surface area contributed by atoms with E-state index < -0.39 is 17.6 Å². The van der Waals surface area contributed by atoms with Gasteiger partial charge in [-0.15, -0.1) is 10.2 Å². The summed E-state index contributed by atoms with van der Waals surface area (Å²) in [6, 6.07) is 5.01. The van der Waals surface area contributed by atoms with Gasteiger partial charge in [-0.25, -0.2) is 0 Å². The zero-order valence-corrected chi connectivity index (χ0v) is 15.8. The fraction of sp³-hybridized carbons (Fsp3) is 0.471. The number of alkyl halides is 3. The van der Waals surface area contributed by atoms with Crippen LogP contribution in [0.4, 0.5) is 18.9 Å². The van der Waals surface area contributed by atoms with Gasteiger partial charge in [0.15, 0.2) is 5.16 Å². The molecule has 0 bridgehead atoms. The lowest BCUT2D eigenvalue weighted by molar-refractivity contribution is -0.137. The second kappa shape index (κ2) is 8.11. The summed E-state index contributed by atoms with van der Waals surface area (Å²) in [5, 5.41) is 11.2. The van der Waals surface area contributed by atoms with Crippen LogP contribution in [0.5, 0.6) is 0 Å². The first-order chi connectivity index (χ1) is 12.1. The van der Waals surface area contributed by atoms with E-state index >= 15 is 0 Å². The number of aromatic nitrogens is 3. The summed E-state index contributed by atoms with van der Waals surface area (Å²) in [6.07, 6.45) is -4.53. The number of thioether (sulfide) groups is 1. The van der Waals surface area contributed by atoms with Gasteiger partial charge in [-0.2, -0.15) is 13.2 Å². The Morgan fingerprint density at radius 1 is 1.19 bits per heavy atom. The minimum atomic E-state index is -4.53. The fourth-order valence-corrected chi connectivity index (χ4v) is 3.30. The molecule has 0 saturated heterocycles. The molecule has 1 heterocycles. The number of carbonyl (C=O) groups excluding carboxylic acids is 1. The number of hydrogen-bond acceptors (Lipinski definition) is 4. The van der Waals surface area contributed by atoms with E-state index in [1.807, 2.05) is 32.3 Å². The topological polar surface area (TPSA) is 59.8 Å². The Morgan fingerprint density at radius 2 is 1.85 bits per heavy atom.